The third kappa shape index (κ3) is 4.62. The molecule has 130 valence electrons. The highest BCUT2D eigenvalue weighted by Crippen LogP contribution is 2.27. The van der Waals surface area contributed by atoms with Gasteiger partial charge in [-0.15, -0.1) is 5.10 Å². The maximum absolute atomic E-state index is 12.4. The Morgan fingerprint density at radius 1 is 1.25 bits per heavy atom. The number of nitrogens with one attached hydrogen (secondary N) is 1. The molecule has 0 spiro atoms. The number of carbonyl (C=O) groups is 1. The zero-order chi connectivity index (χ0) is 17.9. The first kappa shape index (κ1) is 19.0. The third-order valence-electron chi connectivity index (χ3n) is 3.39. The Labute approximate surface area is 155 Å². The Morgan fingerprint density at radius 2 is 1.96 bits per heavy atom. The standard InChI is InChI=1S/C15H19Cl2N5OS/c1-8(2)22-15(19-20-21-22)24-10(4)14(23)18-9(3)12-6-5-11(16)7-13(12)17/h5-10H,1-4H3,(H,18,23). The first-order chi connectivity index (χ1) is 11.3. The fourth-order valence-electron chi connectivity index (χ4n) is 2.06. The van der Waals surface area contributed by atoms with Gasteiger partial charge in [0.25, 0.3) is 0 Å². The van der Waals surface area contributed by atoms with Gasteiger partial charge in [0.1, 0.15) is 0 Å². The second-order valence-electron chi connectivity index (χ2n) is 5.66. The van der Waals surface area contributed by atoms with Gasteiger partial charge in [-0.1, -0.05) is 41.0 Å². The summed E-state index contributed by atoms with van der Waals surface area (Å²) in [6, 6.07) is 5.12. The second kappa shape index (κ2) is 8.18. The molecule has 2 rings (SSSR count). The van der Waals surface area contributed by atoms with Gasteiger partial charge in [-0.2, -0.15) is 0 Å². The van der Waals surface area contributed by atoms with E-state index in [1.165, 1.54) is 11.8 Å². The van der Waals surface area contributed by atoms with E-state index in [-0.39, 0.29) is 23.2 Å². The molecule has 0 radical (unpaired) electrons. The van der Waals surface area contributed by atoms with Gasteiger partial charge in [-0.3, -0.25) is 4.79 Å². The number of thioether (sulfide) groups is 1. The second-order valence-corrected chi connectivity index (χ2v) is 7.81. The minimum absolute atomic E-state index is 0.114. The Bertz CT molecular complexity index is 722. The number of hydrogen-bond acceptors (Lipinski definition) is 5. The van der Waals surface area contributed by atoms with E-state index in [4.69, 9.17) is 23.2 Å². The van der Waals surface area contributed by atoms with E-state index in [0.29, 0.717) is 15.2 Å². The van der Waals surface area contributed by atoms with Crippen LogP contribution in [0.1, 0.15) is 45.3 Å². The van der Waals surface area contributed by atoms with E-state index >= 15 is 0 Å². The number of aromatic nitrogens is 4. The molecule has 1 N–H and O–H groups in total. The third-order valence-corrected chi connectivity index (χ3v) is 5.00. The van der Waals surface area contributed by atoms with Crippen molar-refractivity contribution in [2.45, 2.75) is 50.2 Å². The van der Waals surface area contributed by atoms with Gasteiger partial charge in [0, 0.05) is 10.0 Å². The molecule has 9 heteroatoms. The molecule has 0 saturated heterocycles. The number of tetrazole rings is 1. The van der Waals surface area contributed by atoms with Crippen molar-refractivity contribution in [3.05, 3.63) is 33.8 Å². The Balaban J connectivity index is 2.01. The topological polar surface area (TPSA) is 72.7 Å². The summed E-state index contributed by atoms with van der Waals surface area (Å²) < 4.78 is 1.69. The lowest BCUT2D eigenvalue weighted by atomic mass is 10.1. The van der Waals surface area contributed by atoms with Gasteiger partial charge in [-0.25, -0.2) is 4.68 Å². The van der Waals surface area contributed by atoms with Crippen LogP contribution < -0.4 is 5.32 Å². The zero-order valence-electron chi connectivity index (χ0n) is 13.8. The molecule has 0 fully saturated rings. The highest BCUT2D eigenvalue weighted by Gasteiger charge is 2.22. The van der Waals surface area contributed by atoms with Gasteiger partial charge in [-0.05, 0) is 55.8 Å². The summed E-state index contributed by atoms with van der Waals surface area (Å²) in [7, 11) is 0. The van der Waals surface area contributed by atoms with Gasteiger partial charge in [0.15, 0.2) is 0 Å². The minimum Gasteiger partial charge on any atom is -0.349 e. The first-order valence-electron chi connectivity index (χ1n) is 7.49. The Morgan fingerprint density at radius 3 is 2.58 bits per heavy atom. The van der Waals surface area contributed by atoms with Crippen molar-refractivity contribution in [2.75, 3.05) is 0 Å². The van der Waals surface area contributed by atoms with Crippen LogP contribution >= 0.6 is 35.0 Å². The predicted molar refractivity (Wildman–Crippen MR) is 96.5 cm³/mol. The average molecular weight is 388 g/mol. The van der Waals surface area contributed by atoms with Crippen molar-refractivity contribution in [1.82, 2.24) is 25.5 Å². The summed E-state index contributed by atoms with van der Waals surface area (Å²) in [6.45, 7) is 7.66. The molecule has 2 unspecified atom stereocenters. The smallest absolute Gasteiger partial charge is 0.233 e. The summed E-state index contributed by atoms with van der Waals surface area (Å²) in [5, 5.41) is 15.9. The van der Waals surface area contributed by atoms with Crippen LogP contribution in [0.5, 0.6) is 0 Å². The Hall–Kier alpha value is -1.31. The summed E-state index contributed by atoms with van der Waals surface area (Å²) in [4.78, 5) is 12.4. The molecule has 2 aromatic rings. The molecule has 24 heavy (non-hydrogen) atoms. The molecular formula is C15H19Cl2N5OS. The Kier molecular flexibility index (Phi) is 6.48. The van der Waals surface area contributed by atoms with Crippen molar-refractivity contribution in [3.63, 3.8) is 0 Å². The van der Waals surface area contributed by atoms with Crippen molar-refractivity contribution >= 4 is 40.9 Å². The van der Waals surface area contributed by atoms with E-state index in [2.05, 4.69) is 20.8 Å². The zero-order valence-corrected chi connectivity index (χ0v) is 16.2. The minimum atomic E-state index is -0.345. The lowest BCUT2D eigenvalue weighted by Gasteiger charge is -2.19. The van der Waals surface area contributed by atoms with Crippen molar-refractivity contribution in [3.8, 4) is 0 Å². The van der Waals surface area contributed by atoms with Crippen LogP contribution in [-0.2, 0) is 4.79 Å². The number of nitrogens with zero attached hydrogens (tertiary/aromatic N) is 4. The quantitative estimate of drug-likeness (QED) is 0.760. The number of benzene rings is 1. The lowest BCUT2D eigenvalue weighted by molar-refractivity contribution is -0.120. The van der Waals surface area contributed by atoms with Crippen molar-refractivity contribution in [2.24, 2.45) is 0 Å². The van der Waals surface area contributed by atoms with Gasteiger partial charge in [0.05, 0.1) is 17.3 Å². The normalized spacial score (nSPS) is 13.8. The largest absolute Gasteiger partial charge is 0.349 e. The number of carbonyl (C=O) groups excluding carboxylic acids is 1. The van der Waals surface area contributed by atoms with Gasteiger partial charge < -0.3 is 5.32 Å². The van der Waals surface area contributed by atoms with E-state index in [1.54, 1.807) is 16.8 Å². The van der Waals surface area contributed by atoms with Crippen LogP contribution in [0, 0.1) is 0 Å². The summed E-state index contributed by atoms with van der Waals surface area (Å²) in [6.07, 6.45) is 0. The lowest BCUT2D eigenvalue weighted by Crippen LogP contribution is -2.33. The monoisotopic (exact) mass is 387 g/mol. The van der Waals surface area contributed by atoms with E-state index in [0.717, 1.165) is 5.56 Å². The van der Waals surface area contributed by atoms with Gasteiger partial charge in [0.2, 0.25) is 11.1 Å². The SMILES string of the molecule is CC(Sc1nnnn1C(C)C)C(=O)NC(C)c1ccc(Cl)cc1Cl. The van der Waals surface area contributed by atoms with Crippen LogP contribution in [0.3, 0.4) is 0 Å². The number of amides is 1. The number of hydrogen-bond donors (Lipinski definition) is 1. The molecule has 0 aliphatic rings. The summed E-state index contributed by atoms with van der Waals surface area (Å²) in [5.41, 5.74) is 0.818. The van der Waals surface area contributed by atoms with Crippen LogP contribution in [0.25, 0.3) is 0 Å². The fourth-order valence-corrected chi connectivity index (χ4v) is 3.56. The highest BCUT2D eigenvalue weighted by molar-refractivity contribution is 8.00. The molecule has 0 aliphatic heterocycles. The molecule has 1 amide bonds. The first-order valence-corrected chi connectivity index (χ1v) is 9.13. The molecule has 0 saturated carbocycles. The molecule has 0 aliphatic carbocycles. The fraction of sp³-hybridized carbons (Fsp3) is 0.467. The van der Waals surface area contributed by atoms with Crippen molar-refractivity contribution < 1.29 is 4.79 Å². The predicted octanol–water partition coefficient (Wildman–Crippen LogP) is 3.92. The molecular weight excluding hydrogens is 369 g/mol. The molecule has 1 aromatic heterocycles. The molecule has 1 aromatic carbocycles. The highest BCUT2D eigenvalue weighted by atomic mass is 35.5. The van der Waals surface area contributed by atoms with E-state index in [9.17, 15) is 4.79 Å². The van der Waals surface area contributed by atoms with E-state index in [1.807, 2.05) is 33.8 Å². The van der Waals surface area contributed by atoms with Crippen molar-refractivity contribution in [1.29, 1.82) is 0 Å². The summed E-state index contributed by atoms with van der Waals surface area (Å²) >= 11 is 13.4. The van der Waals surface area contributed by atoms with Crippen LogP contribution in [0.15, 0.2) is 23.4 Å². The molecule has 2 atom stereocenters. The van der Waals surface area contributed by atoms with Gasteiger partial charge >= 0.3 is 0 Å². The molecule has 0 bridgehead atoms. The molecule has 6 nitrogen and oxygen atoms in total. The van der Waals surface area contributed by atoms with Crippen LogP contribution in [-0.4, -0.2) is 31.4 Å². The molecule has 1 heterocycles. The van der Waals surface area contributed by atoms with E-state index < -0.39 is 0 Å². The number of rotatable bonds is 6. The average Bonchev–Trinajstić information content (AvgIpc) is 2.95. The maximum Gasteiger partial charge on any atom is 0.233 e. The summed E-state index contributed by atoms with van der Waals surface area (Å²) in [5.74, 6) is -0.114. The number of halogens is 2. The van der Waals surface area contributed by atoms with Crippen LogP contribution in [0.4, 0.5) is 0 Å². The van der Waals surface area contributed by atoms with Crippen LogP contribution in [0.2, 0.25) is 10.0 Å². The maximum atomic E-state index is 12.4.